The van der Waals surface area contributed by atoms with Crippen LogP contribution in [0.2, 0.25) is 0 Å². The Morgan fingerprint density at radius 1 is 0.617 bits per heavy atom. The van der Waals surface area contributed by atoms with Crippen molar-refractivity contribution in [3.63, 3.8) is 0 Å². The summed E-state index contributed by atoms with van der Waals surface area (Å²) in [5, 5.41) is 0. The molecule has 0 heterocycles. The summed E-state index contributed by atoms with van der Waals surface area (Å²) in [6.07, 6.45) is 26.8. The molecular weight excluding hydrogens is 617 g/mol. The van der Waals surface area contributed by atoms with E-state index in [-0.39, 0.29) is 31.8 Å². The van der Waals surface area contributed by atoms with Crippen LogP contribution in [-0.4, -0.2) is 74.4 Å². The summed E-state index contributed by atoms with van der Waals surface area (Å²) in [7, 11) is -0.243. The van der Waals surface area contributed by atoms with E-state index in [9.17, 15) is 19.0 Å². The normalized spacial score (nSPS) is 13.7. The Kier molecular flexibility index (Phi) is 30.4. The molecule has 1 N–H and O–H groups in total. The van der Waals surface area contributed by atoms with E-state index in [4.69, 9.17) is 18.5 Å². The van der Waals surface area contributed by atoms with Gasteiger partial charge in [-0.15, -0.1) is 0 Å². The second-order valence-electron chi connectivity index (χ2n) is 13.9. The van der Waals surface area contributed by atoms with Crippen molar-refractivity contribution in [1.29, 1.82) is 0 Å². The highest BCUT2D eigenvalue weighted by Gasteiger charge is 2.28. The number of hydrogen-bond donors (Lipinski definition) is 1. The first kappa shape index (κ1) is 46.0. The van der Waals surface area contributed by atoms with Crippen molar-refractivity contribution >= 4 is 19.8 Å². The summed E-state index contributed by atoms with van der Waals surface area (Å²) < 4.78 is 33.5. The molecule has 0 aromatic carbocycles. The molecule has 0 saturated carbocycles. The van der Waals surface area contributed by atoms with Crippen molar-refractivity contribution < 1.29 is 42.1 Å². The average Bonchev–Trinajstić information content (AvgIpc) is 3.01. The van der Waals surface area contributed by atoms with Crippen LogP contribution >= 0.6 is 7.82 Å². The van der Waals surface area contributed by atoms with Crippen LogP contribution in [0.4, 0.5) is 0 Å². The Bertz CT molecular complexity index is 794. The van der Waals surface area contributed by atoms with E-state index in [2.05, 4.69) is 13.8 Å². The third-order valence-electron chi connectivity index (χ3n) is 8.64. The van der Waals surface area contributed by atoms with Gasteiger partial charge in [-0.2, -0.15) is 0 Å². The average molecular weight is 693 g/mol. The van der Waals surface area contributed by atoms with E-state index in [1.54, 1.807) is 6.92 Å². The van der Waals surface area contributed by atoms with Crippen LogP contribution in [-0.2, 0) is 32.7 Å². The Morgan fingerprint density at radius 3 is 1.45 bits per heavy atom. The molecule has 0 aromatic heterocycles. The number of likely N-dealkylation sites (N-methyl/N-ethyl adjacent to an activating group) is 1. The van der Waals surface area contributed by atoms with Gasteiger partial charge in [-0.05, 0) is 19.8 Å². The number of rotatable bonds is 35. The van der Waals surface area contributed by atoms with E-state index in [0.29, 0.717) is 30.4 Å². The topological polar surface area (TPSA) is 108 Å². The predicted octanol–water partition coefficient (Wildman–Crippen LogP) is 10.1. The van der Waals surface area contributed by atoms with Gasteiger partial charge in [0, 0.05) is 12.8 Å². The monoisotopic (exact) mass is 693 g/mol. The molecule has 2 unspecified atom stereocenters. The molecule has 10 heteroatoms. The maximum atomic E-state index is 12.8. The minimum Gasteiger partial charge on any atom is -0.461 e. The Morgan fingerprint density at radius 2 is 1.02 bits per heavy atom. The molecule has 0 fully saturated rings. The summed E-state index contributed by atoms with van der Waals surface area (Å²) in [6, 6.07) is 0. The van der Waals surface area contributed by atoms with Gasteiger partial charge in [-0.25, -0.2) is 4.57 Å². The van der Waals surface area contributed by atoms with Gasteiger partial charge in [0.1, 0.15) is 26.3 Å². The van der Waals surface area contributed by atoms with Crippen molar-refractivity contribution in [1.82, 2.24) is 0 Å². The fourth-order valence-corrected chi connectivity index (χ4v) is 6.45. The van der Waals surface area contributed by atoms with Crippen molar-refractivity contribution in [2.45, 2.75) is 181 Å². The summed E-state index contributed by atoms with van der Waals surface area (Å²) in [5.41, 5.74) is 0. The predicted molar refractivity (Wildman–Crippen MR) is 192 cm³/mol. The van der Waals surface area contributed by atoms with E-state index in [0.717, 1.165) is 38.5 Å². The van der Waals surface area contributed by atoms with E-state index >= 15 is 0 Å². The number of ether oxygens (including phenoxy) is 2. The fourth-order valence-electron chi connectivity index (χ4n) is 5.74. The molecule has 0 aliphatic heterocycles. The molecule has 0 bridgehead atoms. The zero-order chi connectivity index (χ0) is 35.1. The number of carbonyl (C=O) groups excluding carboxylic acids is 2. The molecule has 0 aliphatic carbocycles. The van der Waals surface area contributed by atoms with Gasteiger partial charge in [0.15, 0.2) is 6.10 Å². The maximum Gasteiger partial charge on any atom is 0.472 e. The Balaban J connectivity index is 4.55. The highest BCUT2D eigenvalue weighted by Crippen LogP contribution is 2.42. The Hall–Kier alpha value is -0.990. The lowest BCUT2D eigenvalue weighted by molar-refractivity contribution is -0.893. The smallest absolute Gasteiger partial charge is 0.461 e. The summed E-state index contributed by atoms with van der Waals surface area (Å²) in [4.78, 5) is 35.0. The highest BCUT2D eigenvalue weighted by atomic mass is 31.2. The quantitative estimate of drug-likeness (QED) is 0.0303. The van der Waals surface area contributed by atoms with Crippen molar-refractivity contribution in [2.24, 2.45) is 0 Å². The third-order valence-corrected chi connectivity index (χ3v) is 9.73. The first-order chi connectivity index (χ1) is 22.5. The minimum atomic E-state index is -4.08. The summed E-state index contributed by atoms with van der Waals surface area (Å²) >= 11 is 0. The number of phosphoric acid groups is 1. The van der Waals surface area contributed by atoms with Gasteiger partial charge in [0.2, 0.25) is 0 Å². The van der Waals surface area contributed by atoms with Crippen LogP contribution in [0.3, 0.4) is 0 Å². The molecule has 9 nitrogen and oxygen atoms in total. The lowest BCUT2D eigenvalue weighted by atomic mass is 10.1. The molecule has 0 spiro atoms. The van der Waals surface area contributed by atoms with E-state index in [1.165, 1.54) is 103 Å². The third kappa shape index (κ3) is 32.0. The molecule has 0 radical (unpaired) electrons. The number of esters is 2. The molecule has 280 valence electrons. The molecule has 0 amide bonds. The first-order valence-corrected chi connectivity index (χ1v) is 20.8. The molecule has 0 saturated heterocycles. The van der Waals surface area contributed by atoms with Gasteiger partial charge < -0.3 is 18.9 Å². The Labute approximate surface area is 289 Å². The standard InChI is InChI=1S/C37H74NO8P/c1-6-9-11-13-15-17-19-21-23-25-27-29-36(39)43-34-35(33-38(4,5)31-32-45-47(41,42)44-8-3)46-37(40)30-28-26-24-22-20-18-16-14-12-10-7-2/h35H,6-34H2,1-5H3/p+1. The second-order valence-corrected chi connectivity index (χ2v) is 15.4. The summed E-state index contributed by atoms with van der Waals surface area (Å²) in [6.45, 7) is 6.95. The fraction of sp³-hybridized carbons (Fsp3) is 0.946. The highest BCUT2D eigenvalue weighted by molar-refractivity contribution is 7.47. The largest absolute Gasteiger partial charge is 0.472 e. The molecular formula is C37H75NO8P+. The zero-order valence-corrected chi connectivity index (χ0v) is 32.2. The van der Waals surface area contributed by atoms with Gasteiger partial charge >= 0.3 is 19.8 Å². The second kappa shape index (κ2) is 31.0. The number of hydrogen-bond acceptors (Lipinski definition) is 7. The van der Waals surface area contributed by atoms with Crippen molar-refractivity contribution in [2.75, 3.05) is 47.0 Å². The van der Waals surface area contributed by atoms with Crippen LogP contribution in [0.1, 0.15) is 175 Å². The number of phosphoric ester groups is 1. The van der Waals surface area contributed by atoms with Gasteiger partial charge in [-0.3, -0.25) is 18.6 Å². The zero-order valence-electron chi connectivity index (χ0n) is 31.3. The molecule has 47 heavy (non-hydrogen) atoms. The maximum absolute atomic E-state index is 12.8. The van der Waals surface area contributed by atoms with E-state index in [1.807, 2.05) is 14.1 Å². The van der Waals surface area contributed by atoms with Crippen LogP contribution in [0.5, 0.6) is 0 Å². The molecule has 0 aromatic rings. The van der Waals surface area contributed by atoms with Crippen molar-refractivity contribution in [3.8, 4) is 0 Å². The lowest BCUT2D eigenvalue weighted by Gasteiger charge is -2.33. The van der Waals surface area contributed by atoms with Crippen LogP contribution in [0, 0.1) is 0 Å². The molecule has 2 atom stereocenters. The number of nitrogens with zero attached hydrogens (tertiary/aromatic N) is 1. The molecule has 0 aliphatic rings. The van der Waals surface area contributed by atoms with Gasteiger partial charge in [-0.1, -0.05) is 142 Å². The van der Waals surface area contributed by atoms with Crippen LogP contribution in [0.15, 0.2) is 0 Å². The van der Waals surface area contributed by atoms with Gasteiger partial charge in [0.05, 0.1) is 20.7 Å². The van der Waals surface area contributed by atoms with Crippen molar-refractivity contribution in [3.05, 3.63) is 0 Å². The number of unbranched alkanes of at least 4 members (excludes halogenated alkanes) is 20. The van der Waals surface area contributed by atoms with Crippen LogP contribution < -0.4 is 0 Å². The number of carbonyl (C=O) groups is 2. The summed E-state index contributed by atoms with van der Waals surface area (Å²) in [5.74, 6) is -0.543. The van der Waals surface area contributed by atoms with E-state index < -0.39 is 13.9 Å². The first-order valence-electron chi connectivity index (χ1n) is 19.3. The lowest BCUT2D eigenvalue weighted by Crippen LogP contribution is -2.49. The minimum absolute atomic E-state index is 0.000830. The van der Waals surface area contributed by atoms with Gasteiger partial charge in [0.25, 0.3) is 0 Å². The SMILES string of the molecule is CCCCCCCCCCCCCC(=O)OCC(C[N+](C)(C)CCOP(=O)(O)OCC)OC(=O)CCCCCCCCCCCCC. The number of quaternary nitrogens is 1. The van der Waals surface area contributed by atoms with Crippen LogP contribution in [0.25, 0.3) is 0 Å². The molecule has 0 rings (SSSR count).